The minimum atomic E-state index is -0.548. The molecule has 1 aromatic rings. The van der Waals surface area contributed by atoms with Crippen LogP contribution >= 0.6 is 0 Å². The lowest BCUT2D eigenvalue weighted by Crippen LogP contribution is -2.41. The van der Waals surface area contributed by atoms with E-state index in [2.05, 4.69) is 5.32 Å². The fraction of sp³-hybridized carbons (Fsp3) is 0.619. The van der Waals surface area contributed by atoms with Crippen LogP contribution in [0.15, 0.2) is 18.2 Å². The van der Waals surface area contributed by atoms with Crippen LogP contribution in [0, 0.1) is 0 Å². The molecule has 2 amide bonds. The van der Waals surface area contributed by atoms with E-state index in [1.54, 1.807) is 4.90 Å². The Balaban J connectivity index is 1.61. The molecule has 0 bridgehead atoms. The number of carbonyl (C=O) groups excluding carboxylic acids is 2. The zero-order chi connectivity index (χ0) is 21.6. The smallest absolute Gasteiger partial charge is 0.444 e. The molecule has 0 spiro atoms. The summed E-state index contributed by atoms with van der Waals surface area (Å²) in [5, 5.41) is 2.69. The van der Waals surface area contributed by atoms with Gasteiger partial charge in [-0.1, -0.05) is 12.1 Å². The van der Waals surface area contributed by atoms with Crippen LogP contribution in [0.25, 0.3) is 0 Å². The lowest BCUT2D eigenvalue weighted by molar-refractivity contribution is 0.00578. The monoisotopic (exact) mass is 402 g/mol. The van der Waals surface area contributed by atoms with Crippen LogP contribution in [0.1, 0.15) is 64.4 Å². The number of nitrogens with zero attached hydrogens (tertiary/aromatic N) is 1. The van der Waals surface area contributed by atoms with Crippen LogP contribution in [-0.4, -0.2) is 53.9 Å². The number of fused-ring (bicyclic) bond motifs is 1. The van der Waals surface area contributed by atoms with Crippen LogP contribution < -0.4 is 10.8 Å². The maximum atomic E-state index is 12.7. The van der Waals surface area contributed by atoms with E-state index in [0.29, 0.717) is 25.2 Å². The maximum absolute atomic E-state index is 12.7. The molecule has 7 nitrogen and oxygen atoms in total. The van der Waals surface area contributed by atoms with Crippen molar-refractivity contribution in [2.45, 2.75) is 71.8 Å². The van der Waals surface area contributed by atoms with Gasteiger partial charge >= 0.3 is 13.2 Å². The highest BCUT2D eigenvalue weighted by molar-refractivity contribution is 6.62. The van der Waals surface area contributed by atoms with Gasteiger partial charge in [0, 0.05) is 25.2 Å². The molecule has 0 radical (unpaired) electrons. The molecule has 0 unspecified atom stereocenters. The molecular formula is C21H31BN2O5. The normalized spacial score (nSPS) is 20.0. The molecule has 0 aliphatic carbocycles. The summed E-state index contributed by atoms with van der Waals surface area (Å²) in [5.41, 5.74) is 1.16. The molecule has 0 saturated carbocycles. The van der Waals surface area contributed by atoms with Crippen LogP contribution in [0.2, 0.25) is 0 Å². The quantitative estimate of drug-likeness (QED) is 0.783. The number of nitrogens with one attached hydrogen (secondary N) is 1. The van der Waals surface area contributed by atoms with Crippen molar-refractivity contribution in [3.8, 4) is 0 Å². The third kappa shape index (κ3) is 4.59. The molecule has 2 aliphatic heterocycles. The first kappa shape index (κ1) is 21.6. The fourth-order valence-corrected chi connectivity index (χ4v) is 3.31. The van der Waals surface area contributed by atoms with Gasteiger partial charge in [-0.25, -0.2) is 4.79 Å². The van der Waals surface area contributed by atoms with E-state index in [0.717, 1.165) is 11.0 Å². The first-order valence-electron chi connectivity index (χ1n) is 10.0. The van der Waals surface area contributed by atoms with E-state index in [1.165, 1.54) is 0 Å². The van der Waals surface area contributed by atoms with Crippen molar-refractivity contribution >= 4 is 24.6 Å². The van der Waals surface area contributed by atoms with Crippen molar-refractivity contribution in [1.82, 2.24) is 10.2 Å². The average molecular weight is 402 g/mol. The van der Waals surface area contributed by atoms with Gasteiger partial charge in [0.25, 0.3) is 5.91 Å². The van der Waals surface area contributed by atoms with Crippen LogP contribution in [0.3, 0.4) is 0 Å². The number of alkyl carbamates (subject to hydrolysis) is 1. The predicted molar refractivity (Wildman–Crippen MR) is 111 cm³/mol. The number of carbonyl (C=O) groups is 2. The summed E-state index contributed by atoms with van der Waals surface area (Å²) < 4.78 is 17.4. The van der Waals surface area contributed by atoms with Crippen LogP contribution in [0.4, 0.5) is 4.79 Å². The Morgan fingerprint density at radius 1 is 1.21 bits per heavy atom. The Morgan fingerprint density at radius 2 is 1.83 bits per heavy atom. The summed E-state index contributed by atoms with van der Waals surface area (Å²) in [4.78, 5) is 26.1. The minimum absolute atomic E-state index is 0.0357. The van der Waals surface area contributed by atoms with Crippen molar-refractivity contribution in [3.63, 3.8) is 0 Å². The summed E-state index contributed by atoms with van der Waals surface area (Å²) >= 11 is 0. The van der Waals surface area contributed by atoms with Crippen molar-refractivity contribution in [3.05, 3.63) is 29.3 Å². The Morgan fingerprint density at radius 3 is 2.41 bits per heavy atom. The van der Waals surface area contributed by atoms with Crippen LogP contribution in [0.5, 0.6) is 0 Å². The summed E-state index contributed by atoms with van der Waals surface area (Å²) in [5.74, 6) is -0.0357. The van der Waals surface area contributed by atoms with Gasteiger partial charge in [0.05, 0.1) is 11.2 Å². The first-order chi connectivity index (χ1) is 13.3. The van der Waals surface area contributed by atoms with E-state index in [9.17, 15) is 9.59 Å². The average Bonchev–Trinajstić information content (AvgIpc) is 2.98. The molecule has 3 rings (SSSR count). The largest absolute Gasteiger partial charge is 0.494 e. The highest BCUT2D eigenvalue weighted by atomic mass is 16.7. The van der Waals surface area contributed by atoms with Gasteiger partial charge < -0.3 is 24.3 Å². The molecule has 1 fully saturated rings. The standard InChI is InChI=1S/C21H31BN2O5/c1-19(2,3)27-18(26)23-10-11-24-13-14-12-15(8-9-16(14)17(24)25)22-28-20(4,5)21(6,7)29-22/h8-9,12H,10-11,13H2,1-7H3,(H,23,26). The number of rotatable bonds is 4. The molecule has 1 saturated heterocycles. The lowest BCUT2D eigenvalue weighted by atomic mass is 9.78. The maximum Gasteiger partial charge on any atom is 0.494 e. The fourth-order valence-electron chi connectivity index (χ4n) is 3.31. The second-order valence-corrected chi connectivity index (χ2v) is 9.66. The summed E-state index contributed by atoms with van der Waals surface area (Å²) in [7, 11) is -0.455. The molecule has 2 heterocycles. The molecule has 0 aromatic heterocycles. The second kappa shape index (κ2) is 7.33. The topological polar surface area (TPSA) is 77.1 Å². The number of benzene rings is 1. The Kier molecular flexibility index (Phi) is 5.47. The molecular weight excluding hydrogens is 371 g/mol. The van der Waals surface area contributed by atoms with Crippen molar-refractivity contribution in [1.29, 1.82) is 0 Å². The number of amides is 2. The molecule has 29 heavy (non-hydrogen) atoms. The molecule has 0 atom stereocenters. The SMILES string of the molecule is CC(C)(C)OC(=O)NCCN1Cc2cc(B3OC(C)(C)C(C)(C)O3)ccc2C1=O. The van der Waals surface area contributed by atoms with E-state index < -0.39 is 30.0 Å². The zero-order valence-electron chi connectivity index (χ0n) is 18.4. The number of hydrogen-bond donors (Lipinski definition) is 1. The molecule has 8 heteroatoms. The third-order valence-corrected chi connectivity index (χ3v) is 5.58. The Hall–Kier alpha value is -2.06. The molecule has 2 aliphatic rings. The summed E-state index contributed by atoms with van der Waals surface area (Å²) in [6, 6.07) is 5.71. The van der Waals surface area contributed by atoms with Gasteiger partial charge in [-0.3, -0.25) is 4.79 Å². The summed E-state index contributed by atoms with van der Waals surface area (Å²) in [6.45, 7) is 14.7. The van der Waals surface area contributed by atoms with E-state index in [-0.39, 0.29) is 5.91 Å². The predicted octanol–water partition coefficient (Wildman–Crippen LogP) is 2.47. The van der Waals surface area contributed by atoms with Gasteiger partial charge in [0.2, 0.25) is 0 Å². The van der Waals surface area contributed by atoms with Crippen molar-refractivity contribution < 1.29 is 23.6 Å². The number of hydrogen-bond acceptors (Lipinski definition) is 5. The molecule has 158 valence electrons. The second-order valence-electron chi connectivity index (χ2n) is 9.66. The van der Waals surface area contributed by atoms with E-state index in [1.807, 2.05) is 66.7 Å². The van der Waals surface area contributed by atoms with E-state index in [4.69, 9.17) is 14.0 Å². The number of ether oxygens (including phenoxy) is 1. The third-order valence-electron chi connectivity index (χ3n) is 5.58. The van der Waals surface area contributed by atoms with E-state index >= 15 is 0 Å². The minimum Gasteiger partial charge on any atom is -0.444 e. The van der Waals surface area contributed by atoms with Gasteiger partial charge in [-0.05, 0) is 65.6 Å². The van der Waals surface area contributed by atoms with Crippen molar-refractivity contribution in [2.75, 3.05) is 13.1 Å². The van der Waals surface area contributed by atoms with Gasteiger partial charge in [0.1, 0.15) is 5.60 Å². The highest BCUT2D eigenvalue weighted by Gasteiger charge is 2.51. The van der Waals surface area contributed by atoms with Gasteiger partial charge in [0.15, 0.2) is 0 Å². The molecule has 1 aromatic carbocycles. The highest BCUT2D eigenvalue weighted by Crippen LogP contribution is 2.36. The molecule has 1 N–H and O–H groups in total. The Bertz CT molecular complexity index is 800. The van der Waals surface area contributed by atoms with Crippen LogP contribution in [-0.2, 0) is 20.6 Å². The van der Waals surface area contributed by atoms with Gasteiger partial charge in [-0.15, -0.1) is 0 Å². The Labute approximate surface area is 173 Å². The van der Waals surface area contributed by atoms with Crippen molar-refractivity contribution in [2.24, 2.45) is 0 Å². The zero-order valence-corrected chi connectivity index (χ0v) is 18.4. The summed E-state index contributed by atoms with van der Waals surface area (Å²) in [6.07, 6.45) is -0.482. The lowest BCUT2D eigenvalue weighted by Gasteiger charge is -2.32. The van der Waals surface area contributed by atoms with Gasteiger partial charge in [-0.2, -0.15) is 0 Å². The first-order valence-corrected chi connectivity index (χ1v) is 10.0.